The fourth-order valence-corrected chi connectivity index (χ4v) is 1.43. The van der Waals surface area contributed by atoms with Gasteiger partial charge in [-0.25, -0.2) is 0 Å². The number of hydrogen-bond acceptors (Lipinski definition) is 2. The lowest BCUT2D eigenvalue weighted by Gasteiger charge is -2.25. The van der Waals surface area contributed by atoms with E-state index in [1.165, 1.54) is 0 Å². The number of amides is 1. The molecular weight excluding hydrogens is 190 g/mol. The van der Waals surface area contributed by atoms with Crippen molar-refractivity contribution in [1.29, 1.82) is 0 Å². The molecule has 87 valence electrons. The summed E-state index contributed by atoms with van der Waals surface area (Å²) in [5.41, 5.74) is -0.656. The van der Waals surface area contributed by atoms with Gasteiger partial charge in [0.2, 0.25) is 12.2 Å². The molecule has 0 spiro atoms. The maximum atomic E-state index is 11.8. The van der Waals surface area contributed by atoms with Crippen LogP contribution < -0.4 is 0 Å². The fraction of sp³-hybridized carbons (Fsp3) is 0.833. The minimum absolute atomic E-state index is 0.0621. The Bertz CT molecular complexity index is 206. The summed E-state index contributed by atoms with van der Waals surface area (Å²) in [6.45, 7) is 9.14. The number of hydrogen-bond donors (Lipinski definition) is 0. The Morgan fingerprint density at radius 1 is 1.20 bits per heavy atom. The molecule has 0 aromatic carbocycles. The first-order valence-electron chi connectivity index (χ1n) is 5.64. The molecule has 0 aliphatic carbocycles. The zero-order valence-electron chi connectivity index (χ0n) is 10.3. The molecule has 0 saturated heterocycles. The first-order chi connectivity index (χ1) is 6.96. The zero-order chi connectivity index (χ0) is 11.9. The van der Waals surface area contributed by atoms with Gasteiger partial charge in [-0.1, -0.05) is 27.7 Å². The van der Waals surface area contributed by atoms with Gasteiger partial charge >= 0.3 is 0 Å². The van der Waals surface area contributed by atoms with Crippen molar-refractivity contribution in [2.75, 3.05) is 13.1 Å². The van der Waals surface area contributed by atoms with Gasteiger partial charge in [-0.2, -0.15) is 0 Å². The molecule has 0 N–H and O–H groups in total. The van der Waals surface area contributed by atoms with E-state index in [0.717, 1.165) is 25.9 Å². The van der Waals surface area contributed by atoms with Crippen molar-refractivity contribution in [2.24, 2.45) is 5.41 Å². The Labute approximate surface area is 92.8 Å². The highest BCUT2D eigenvalue weighted by Gasteiger charge is 2.24. The molecule has 0 unspecified atom stereocenters. The van der Waals surface area contributed by atoms with E-state index < -0.39 is 5.41 Å². The first-order valence-corrected chi connectivity index (χ1v) is 5.64. The van der Waals surface area contributed by atoms with Crippen molar-refractivity contribution in [3.63, 3.8) is 0 Å². The largest absolute Gasteiger partial charge is 0.343 e. The smallest absolute Gasteiger partial charge is 0.223 e. The second-order valence-electron chi connectivity index (χ2n) is 4.54. The highest BCUT2D eigenvalue weighted by molar-refractivity contribution is 5.80. The molecule has 15 heavy (non-hydrogen) atoms. The maximum absolute atomic E-state index is 11.8. The Morgan fingerprint density at radius 2 is 1.67 bits per heavy atom. The third-order valence-electron chi connectivity index (χ3n) is 2.21. The number of nitrogens with zero attached hydrogens (tertiary/aromatic N) is 1. The summed E-state index contributed by atoms with van der Waals surface area (Å²) in [6, 6.07) is 0. The molecule has 0 atom stereocenters. The standard InChI is InChI=1S/C12H22NO2/c1-5-7-13(8-6-2)11(15)9-12(3,4)10-14/h5-9H2,1-4H3. The van der Waals surface area contributed by atoms with Crippen LogP contribution in [0.1, 0.15) is 47.0 Å². The van der Waals surface area contributed by atoms with E-state index in [2.05, 4.69) is 0 Å². The van der Waals surface area contributed by atoms with Gasteiger partial charge < -0.3 is 4.90 Å². The molecule has 0 aliphatic rings. The van der Waals surface area contributed by atoms with Crippen molar-refractivity contribution in [3.05, 3.63) is 0 Å². The van der Waals surface area contributed by atoms with E-state index in [4.69, 9.17) is 0 Å². The normalized spacial score (nSPS) is 11.2. The molecule has 0 fully saturated rings. The van der Waals surface area contributed by atoms with Crippen molar-refractivity contribution in [1.82, 2.24) is 4.90 Å². The quantitative estimate of drug-likeness (QED) is 0.648. The van der Waals surface area contributed by atoms with Crippen molar-refractivity contribution < 1.29 is 9.59 Å². The van der Waals surface area contributed by atoms with Gasteiger partial charge in [-0.15, -0.1) is 0 Å². The van der Waals surface area contributed by atoms with Gasteiger partial charge in [-0.05, 0) is 12.8 Å². The maximum Gasteiger partial charge on any atom is 0.223 e. The van der Waals surface area contributed by atoms with Gasteiger partial charge in [0, 0.05) is 24.9 Å². The molecule has 0 rings (SSSR count). The average molecular weight is 212 g/mol. The first kappa shape index (κ1) is 14.1. The lowest BCUT2D eigenvalue weighted by atomic mass is 9.91. The van der Waals surface area contributed by atoms with Gasteiger partial charge in [0.15, 0.2) is 0 Å². The average Bonchev–Trinajstić information content (AvgIpc) is 2.17. The van der Waals surface area contributed by atoms with Crippen LogP contribution in [0.3, 0.4) is 0 Å². The minimum Gasteiger partial charge on any atom is -0.343 e. The second-order valence-corrected chi connectivity index (χ2v) is 4.54. The van der Waals surface area contributed by atoms with Crippen LogP contribution in [0.2, 0.25) is 0 Å². The molecular formula is C12H22NO2. The van der Waals surface area contributed by atoms with Gasteiger partial charge in [0.05, 0.1) is 0 Å². The number of carbonyl (C=O) groups is 1. The molecule has 0 saturated carbocycles. The van der Waals surface area contributed by atoms with E-state index in [1.54, 1.807) is 13.8 Å². The van der Waals surface area contributed by atoms with Crippen LogP contribution in [0.15, 0.2) is 0 Å². The van der Waals surface area contributed by atoms with Gasteiger partial charge in [0.1, 0.15) is 0 Å². The van der Waals surface area contributed by atoms with E-state index in [1.807, 2.05) is 25.0 Å². The van der Waals surface area contributed by atoms with Crippen LogP contribution in [0, 0.1) is 5.41 Å². The van der Waals surface area contributed by atoms with E-state index in [0.29, 0.717) is 0 Å². The summed E-state index contributed by atoms with van der Waals surface area (Å²) < 4.78 is 0. The molecule has 3 nitrogen and oxygen atoms in total. The number of carbonyl (C=O) groups excluding carboxylic acids is 2. The Hall–Kier alpha value is -0.860. The molecule has 1 radical (unpaired) electrons. The Balaban J connectivity index is 4.30. The summed E-state index contributed by atoms with van der Waals surface area (Å²) in [4.78, 5) is 24.3. The van der Waals surface area contributed by atoms with E-state index >= 15 is 0 Å². The number of rotatable bonds is 7. The van der Waals surface area contributed by atoms with Crippen LogP contribution >= 0.6 is 0 Å². The van der Waals surface area contributed by atoms with Crippen molar-refractivity contribution in [3.8, 4) is 0 Å². The monoisotopic (exact) mass is 212 g/mol. The van der Waals surface area contributed by atoms with Crippen LogP contribution in [-0.2, 0) is 9.59 Å². The lowest BCUT2D eigenvalue weighted by Crippen LogP contribution is -2.35. The highest BCUT2D eigenvalue weighted by Crippen LogP contribution is 2.18. The summed E-state index contributed by atoms with van der Waals surface area (Å²) in [6.07, 6.45) is 4.08. The summed E-state index contributed by atoms with van der Waals surface area (Å²) in [5.74, 6) is 0.0621. The molecule has 0 bridgehead atoms. The molecule has 1 amide bonds. The summed E-state index contributed by atoms with van der Waals surface area (Å²) in [7, 11) is 0. The minimum atomic E-state index is -0.656. The Kier molecular flexibility index (Phi) is 6.21. The highest BCUT2D eigenvalue weighted by atomic mass is 16.2. The summed E-state index contributed by atoms with van der Waals surface area (Å²) >= 11 is 0. The molecule has 3 heteroatoms. The molecule has 0 aromatic rings. The van der Waals surface area contributed by atoms with Crippen LogP contribution in [0.4, 0.5) is 0 Å². The van der Waals surface area contributed by atoms with E-state index in [9.17, 15) is 9.59 Å². The molecule has 0 aliphatic heterocycles. The third-order valence-corrected chi connectivity index (χ3v) is 2.21. The van der Waals surface area contributed by atoms with Gasteiger partial charge in [-0.3, -0.25) is 9.59 Å². The van der Waals surface area contributed by atoms with Crippen LogP contribution in [0.25, 0.3) is 0 Å². The Morgan fingerprint density at radius 3 is 2.00 bits per heavy atom. The lowest BCUT2D eigenvalue weighted by molar-refractivity contribution is -0.132. The van der Waals surface area contributed by atoms with Crippen molar-refractivity contribution in [2.45, 2.75) is 47.0 Å². The van der Waals surface area contributed by atoms with Gasteiger partial charge in [0.25, 0.3) is 0 Å². The third kappa shape index (κ3) is 5.55. The topological polar surface area (TPSA) is 37.4 Å². The summed E-state index contributed by atoms with van der Waals surface area (Å²) in [5, 5.41) is 0. The predicted molar refractivity (Wildman–Crippen MR) is 61.3 cm³/mol. The second kappa shape index (κ2) is 6.59. The van der Waals surface area contributed by atoms with E-state index in [-0.39, 0.29) is 12.3 Å². The molecule has 0 aromatic heterocycles. The van der Waals surface area contributed by atoms with Crippen molar-refractivity contribution >= 4 is 12.2 Å². The predicted octanol–water partition coefficient (Wildman–Crippen LogP) is 2.16. The SMILES string of the molecule is CCCN(CCC)C(=O)CC(C)(C)[C]=O. The van der Waals surface area contributed by atoms with Crippen LogP contribution in [-0.4, -0.2) is 30.2 Å². The molecule has 0 heterocycles. The fourth-order valence-electron chi connectivity index (χ4n) is 1.43. The zero-order valence-corrected chi connectivity index (χ0v) is 10.3. The van der Waals surface area contributed by atoms with Crippen LogP contribution in [0.5, 0.6) is 0 Å².